The molecule has 4 nitrogen and oxygen atoms in total. The van der Waals surface area contributed by atoms with Gasteiger partial charge in [-0.3, -0.25) is 0 Å². The molecule has 2 rings (SSSR count). The first-order chi connectivity index (χ1) is 7.72. The molecular weight excluding hydrogens is 204 g/mol. The zero-order chi connectivity index (χ0) is 11.5. The number of carbonyl (C=O) groups excluding carboxylic acids is 1. The van der Waals surface area contributed by atoms with Crippen molar-refractivity contribution in [2.45, 2.75) is 6.92 Å². The Balaban J connectivity index is 2.39. The van der Waals surface area contributed by atoms with Crippen molar-refractivity contribution in [1.29, 1.82) is 0 Å². The molecule has 0 aliphatic carbocycles. The highest BCUT2D eigenvalue weighted by atomic mass is 16.5. The largest absolute Gasteiger partial charge is 0.464 e. The third-order valence-electron chi connectivity index (χ3n) is 2.38. The molecule has 2 aromatic rings. The van der Waals surface area contributed by atoms with Crippen LogP contribution in [0.1, 0.15) is 16.1 Å². The Morgan fingerprint density at radius 2 is 2.12 bits per heavy atom. The van der Waals surface area contributed by atoms with Crippen molar-refractivity contribution in [1.82, 2.24) is 9.97 Å². The molecule has 1 aromatic heterocycles. The average molecular weight is 216 g/mol. The summed E-state index contributed by atoms with van der Waals surface area (Å²) >= 11 is 0. The second-order valence-electron chi connectivity index (χ2n) is 3.45. The molecule has 0 amide bonds. The van der Waals surface area contributed by atoms with Gasteiger partial charge in [-0.05, 0) is 12.5 Å². The molecule has 0 saturated carbocycles. The number of nitrogens with zero attached hydrogens (tertiary/aromatic N) is 1. The summed E-state index contributed by atoms with van der Waals surface area (Å²) in [5, 5.41) is 0. The standard InChI is InChI=1S/C12H12N2O2/c1-8-5-3-4-6-9(8)11-13-7-10(14-11)12(15)16-2/h3-7H,1-2H3,(H,13,14). The molecule has 0 unspecified atom stereocenters. The minimum Gasteiger partial charge on any atom is -0.464 e. The van der Waals surface area contributed by atoms with Crippen LogP contribution in [0.3, 0.4) is 0 Å². The van der Waals surface area contributed by atoms with Gasteiger partial charge in [0.1, 0.15) is 11.5 Å². The number of rotatable bonds is 2. The number of methoxy groups -OCH3 is 1. The number of aromatic nitrogens is 2. The van der Waals surface area contributed by atoms with Gasteiger partial charge >= 0.3 is 5.97 Å². The van der Waals surface area contributed by atoms with Gasteiger partial charge in [-0.1, -0.05) is 24.3 Å². The van der Waals surface area contributed by atoms with E-state index in [9.17, 15) is 4.79 Å². The molecule has 0 aliphatic heterocycles. The van der Waals surface area contributed by atoms with Crippen LogP contribution in [0, 0.1) is 6.92 Å². The molecule has 4 heteroatoms. The smallest absolute Gasteiger partial charge is 0.356 e. The first-order valence-corrected chi connectivity index (χ1v) is 4.91. The lowest BCUT2D eigenvalue weighted by Gasteiger charge is -2.00. The number of aromatic amines is 1. The van der Waals surface area contributed by atoms with Crippen LogP contribution in [0.15, 0.2) is 30.5 Å². The number of ether oxygens (including phenoxy) is 1. The summed E-state index contributed by atoms with van der Waals surface area (Å²) in [7, 11) is 1.34. The Labute approximate surface area is 93.3 Å². The van der Waals surface area contributed by atoms with E-state index >= 15 is 0 Å². The number of benzene rings is 1. The molecule has 0 atom stereocenters. The highest BCUT2D eigenvalue weighted by Crippen LogP contribution is 2.19. The summed E-state index contributed by atoms with van der Waals surface area (Å²) in [6, 6.07) is 7.84. The number of hydrogen-bond donors (Lipinski definition) is 1. The lowest BCUT2D eigenvalue weighted by Crippen LogP contribution is -2.01. The van der Waals surface area contributed by atoms with Crippen LogP contribution in [-0.2, 0) is 4.74 Å². The highest BCUT2D eigenvalue weighted by Gasteiger charge is 2.11. The average Bonchev–Trinajstić information content (AvgIpc) is 2.78. The Hall–Kier alpha value is -2.10. The molecule has 0 fully saturated rings. The van der Waals surface area contributed by atoms with Crippen LogP contribution in [0.2, 0.25) is 0 Å². The van der Waals surface area contributed by atoms with Crippen molar-refractivity contribution >= 4 is 5.97 Å². The van der Waals surface area contributed by atoms with Gasteiger partial charge in [-0.15, -0.1) is 0 Å². The van der Waals surface area contributed by atoms with Crippen molar-refractivity contribution in [3.63, 3.8) is 0 Å². The van der Waals surface area contributed by atoms with Gasteiger partial charge < -0.3 is 9.72 Å². The maximum atomic E-state index is 11.2. The Morgan fingerprint density at radius 3 is 2.81 bits per heavy atom. The van der Waals surface area contributed by atoms with E-state index in [4.69, 9.17) is 0 Å². The molecule has 0 aliphatic rings. The quantitative estimate of drug-likeness (QED) is 0.783. The molecule has 0 spiro atoms. The number of nitrogens with one attached hydrogen (secondary N) is 1. The van der Waals surface area contributed by atoms with Crippen molar-refractivity contribution in [3.05, 3.63) is 41.7 Å². The van der Waals surface area contributed by atoms with E-state index < -0.39 is 5.97 Å². The number of hydrogen-bond acceptors (Lipinski definition) is 3. The van der Waals surface area contributed by atoms with Crippen molar-refractivity contribution in [2.75, 3.05) is 7.11 Å². The fraction of sp³-hybridized carbons (Fsp3) is 0.167. The Kier molecular flexibility index (Phi) is 2.72. The van der Waals surface area contributed by atoms with E-state index in [2.05, 4.69) is 14.7 Å². The van der Waals surface area contributed by atoms with E-state index in [1.54, 1.807) is 0 Å². The molecule has 0 bridgehead atoms. The van der Waals surface area contributed by atoms with E-state index in [-0.39, 0.29) is 0 Å². The second kappa shape index (κ2) is 4.18. The third-order valence-corrected chi connectivity index (χ3v) is 2.38. The SMILES string of the molecule is COC(=O)c1cnc(-c2ccccc2C)[nH]1. The number of H-pyrrole nitrogens is 1. The summed E-state index contributed by atoms with van der Waals surface area (Å²) in [5.41, 5.74) is 2.45. The summed E-state index contributed by atoms with van der Waals surface area (Å²) in [4.78, 5) is 18.3. The maximum absolute atomic E-state index is 11.2. The van der Waals surface area contributed by atoms with E-state index in [1.807, 2.05) is 31.2 Å². The Bertz CT molecular complexity index is 517. The lowest BCUT2D eigenvalue weighted by molar-refractivity contribution is 0.0595. The van der Waals surface area contributed by atoms with Gasteiger partial charge in [0.15, 0.2) is 0 Å². The van der Waals surface area contributed by atoms with Crippen LogP contribution in [0.4, 0.5) is 0 Å². The number of carbonyl (C=O) groups is 1. The molecule has 0 saturated heterocycles. The predicted octanol–water partition coefficient (Wildman–Crippen LogP) is 2.17. The first kappa shape index (κ1) is 10.4. The van der Waals surface area contributed by atoms with E-state index in [0.717, 1.165) is 11.1 Å². The summed E-state index contributed by atoms with van der Waals surface area (Å²) in [5.74, 6) is 0.269. The molecule has 16 heavy (non-hydrogen) atoms. The topological polar surface area (TPSA) is 55.0 Å². The minimum atomic E-state index is -0.410. The molecular formula is C12H12N2O2. The number of aryl methyl sites for hydroxylation is 1. The second-order valence-corrected chi connectivity index (χ2v) is 3.45. The number of esters is 1. The van der Waals surface area contributed by atoms with Gasteiger partial charge in [0.25, 0.3) is 0 Å². The van der Waals surface area contributed by atoms with Crippen molar-refractivity contribution in [2.24, 2.45) is 0 Å². The van der Waals surface area contributed by atoms with Gasteiger partial charge in [-0.2, -0.15) is 0 Å². The van der Waals surface area contributed by atoms with Gasteiger partial charge in [0.05, 0.1) is 13.3 Å². The van der Waals surface area contributed by atoms with Crippen molar-refractivity contribution < 1.29 is 9.53 Å². The summed E-state index contributed by atoms with van der Waals surface area (Å²) < 4.78 is 4.61. The molecule has 82 valence electrons. The fourth-order valence-electron chi connectivity index (χ4n) is 1.51. The van der Waals surface area contributed by atoms with Crippen LogP contribution in [0.25, 0.3) is 11.4 Å². The maximum Gasteiger partial charge on any atom is 0.356 e. The predicted molar refractivity (Wildman–Crippen MR) is 60.1 cm³/mol. The normalized spacial score (nSPS) is 10.1. The zero-order valence-corrected chi connectivity index (χ0v) is 9.15. The van der Waals surface area contributed by atoms with E-state index in [0.29, 0.717) is 11.5 Å². The van der Waals surface area contributed by atoms with Gasteiger partial charge in [0, 0.05) is 5.56 Å². The molecule has 0 radical (unpaired) electrons. The minimum absolute atomic E-state index is 0.362. The third kappa shape index (κ3) is 1.82. The van der Waals surface area contributed by atoms with Crippen LogP contribution in [-0.4, -0.2) is 23.0 Å². The lowest BCUT2D eigenvalue weighted by atomic mass is 10.1. The van der Waals surface area contributed by atoms with E-state index in [1.165, 1.54) is 13.3 Å². The zero-order valence-electron chi connectivity index (χ0n) is 9.15. The van der Waals surface area contributed by atoms with Gasteiger partial charge in [-0.25, -0.2) is 9.78 Å². The molecule has 1 heterocycles. The fourth-order valence-corrected chi connectivity index (χ4v) is 1.51. The van der Waals surface area contributed by atoms with Crippen LogP contribution in [0.5, 0.6) is 0 Å². The summed E-state index contributed by atoms with van der Waals surface area (Å²) in [6.45, 7) is 2.00. The molecule has 1 aromatic carbocycles. The van der Waals surface area contributed by atoms with Gasteiger partial charge in [0.2, 0.25) is 0 Å². The monoisotopic (exact) mass is 216 g/mol. The van der Waals surface area contributed by atoms with Crippen LogP contribution >= 0.6 is 0 Å². The number of imidazole rings is 1. The first-order valence-electron chi connectivity index (χ1n) is 4.91. The van der Waals surface area contributed by atoms with Crippen LogP contribution < -0.4 is 0 Å². The Morgan fingerprint density at radius 1 is 1.38 bits per heavy atom. The van der Waals surface area contributed by atoms with Crippen molar-refractivity contribution in [3.8, 4) is 11.4 Å². The molecule has 1 N–H and O–H groups in total. The highest BCUT2D eigenvalue weighted by molar-refractivity contribution is 5.87. The summed E-state index contributed by atoms with van der Waals surface area (Å²) in [6.07, 6.45) is 1.48.